The Kier molecular flexibility index (Phi) is 4.83. The standard InChI is InChI=1S/C21H21FN2O2S/c1-12-11-17(12)18-9-7-16(26-18)8-10-19(25)23-21-24-20(13(2)27-21)14-3-5-15(22)6-4-14/h3-7,9,12,17H,8,10-11H2,1-2H3,(H,23,24,25)/t12-,17+/m1/s1. The molecule has 27 heavy (non-hydrogen) atoms. The maximum Gasteiger partial charge on any atom is 0.226 e. The topological polar surface area (TPSA) is 55.1 Å². The molecule has 1 fully saturated rings. The van der Waals surface area contributed by atoms with E-state index >= 15 is 0 Å². The molecule has 0 bridgehead atoms. The lowest BCUT2D eigenvalue weighted by molar-refractivity contribution is -0.116. The van der Waals surface area contributed by atoms with E-state index in [2.05, 4.69) is 17.2 Å². The summed E-state index contributed by atoms with van der Waals surface area (Å²) in [7, 11) is 0. The summed E-state index contributed by atoms with van der Waals surface area (Å²) in [4.78, 5) is 17.7. The van der Waals surface area contributed by atoms with E-state index in [9.17, 15) is 9.18 Å². The molecule has 0 aliphatic heterocycles. The maximum atomic E-state index is 13.1. The van der Waals surface area contributed by atoms with Crippen LogP contribution < -0.4 is 5.32 Å². The molecule has 4 rings (SSSR count). The average Bonchev–Trinajstić information content (AvgIpc) is 3.04. The number of nitrogens with zero attached hydrogens (tertiary/aromatic N) is 1. The first-order valence-corrected chi connectivity index (χ1v) is 9.93. The molecule has 1 N–H and O–H groups in total. The number of hydrogen-bond donors (Lipinski definition) is 1. The van der Waals surface area contributed by atoms with Gasteiger partial charge in [0.2, 0.25) is 5.91 Å². The van der Waals surface area contributed by atoms with E-state index in [0.717, 1.165) is 27.7 Å². The molecule has 4 nitrogen and oxygen atoms in total. The summed E-state index contributed by atoms with van der Waals surface area (Å²) in [6.45, 7) is 4.16. The minimum atomic E-state index is -0.280. The van der Waals surface area contributed by atoms with Crippen LogP contribution in [0.15, 0.2) is 40.8 Å². The van der Waals surface area contributed by atoms with E-state index in [1.807, 2.05) is 19.1 Å². The fourth-order valence-electron chi connectivity index (χ4n) is 3.19. The van der Waals surface area contributed by atoms with Gasteiger partial charge in [-0.3, -0.25) is 4.79 Å². The number of nitrogens with one attached hydrogen (secondary N) is 1. The molecule has 140 valence electrons. The van der Waals surface area contributed by atoms with Crippen LogP contribution in [0.5, 0.6) is 0 Å². The molecule has 1 aromatic carbocycles. The normalized spacial score (nSPS) is 18.5. The number of benzene rings is 1. The van der Waals surface area contributed by atoms with Crippen molar-refractivity contribution in [2.24, 2.45) is 5.92 Å². The van der Waals surface area contributed by atoms with Gasteiger partial charge in [0.05, 0.1) is 5.69 Å². The molecule has 2 heterocycles. The van der Waals surface area contributed by atoms with Gasteiger partial charge in [-0.2, -0.15) is 0 Å². The molecule has 0 radical (unpaired) electrons. The Morgan fingerprint density at radius 1 is 1.30 bits per heavy atom. The second kappa shape index (κ2) is 7.27. The molecule has 1 amide bonds. The number of aromatic nitrogens is 1. The fourth-order valence-corrected chi connectivity index (χ4v) is 4.04. The van der Waals surface area contributed by atoms with Crippen molar-refractivity contribution < 1.29 is 13.6 Å². The number of hydrogen-bond acceptors (Lipinski definition) is 4. The second-order valence-electron chi connectivity index (χ2n) is 7.10. The lowest BCUT2D eigenvalue weighted by Gasteiger charge is -2.01. The Morgan fingerprint density at radius 2 is 2.04 bits per heavy atom. The SMILES string of the molecule is Cc1sc(NC(=O)CCc2ccc([C@H]3C[C@H]3C)o2)nc1-c1ccc(F)cc1. The number of aryl methyl sites for hydroxylation is 2. The fraction of sp³-hybridized carbons (Fsp3) is 0.333. The van der Waals surface area contributed by atoms with E-state index in [4.69, 9.17) is 4.42 Å². The van der Waals surface area contributed by atoms with Crippen molar-refractivity contribution in [3.05, 3.63) is 58.6 Å². The first kappa shape index (κ1) is 17.9. The van der Waals surface area contributed by atoms with E-state index in [1.54, 1.807) is 12.1 Å². The van der Waals surface area contributed by atoms with Crippen molar-refractivity contribution in [3.63, 3.8) is 0 Å². The number of rotatable bonds is 6. The highest BCUT2D eigenvalue weighted by atomic mass is 32.1. The van der Waals surface area contributed by atoms with Crippen LogP contribution in [0.3, 0.4) is 0 Å². The predicted octanol–water partition coefficient (Wildman–Crippen LogP) is 5.55. The molecule has 1 aliphatic carbocycles. The minimum Gasteiger partial charge on any atom is -0.466 e. The molecule has 1 aliphatic rings. The zero-order chi connectivity index (χ0) is 19.0. The van der Waals surface area contributed by atoms with Gasteiger partial charge in [-0.1, -0.05) is 6.92 Å². The van der Waals surface area contributed by atoms with Gasteiger partial charge in [0.25, 0.3) is 0 Å². The van der Waals surface area contributed by atoms with Gasteiger partial charge in [-0.05, 0) is 55.7 Å². The zero-order valence-corrected chi connectivity index (χ0v) is 16.1. The highest BCUT2D eigenvalue weighted by Gasteiger charge is 2.36. The number of amides is 1. The van der Waals surface area contributed by atoms with Crippen LogP contribution >= 0.6 is 11.3 Å². The molecule has 0 saturated heterocycles. The first-order valence-electron chi connectivity index (χ1n) is 9.11. The van der Waals surface area contributed by atoms with Gasteiger partial charge in [0, 0.05) is 29.2 Å². The van der Waals surface area contributed by atoms with Crippen LogP contribution in [0.1, 0.15) is 42.1 Å². The van der Waals surface area contributed by atoms with Crippen molar-refractivity contribution in [1.29, 1.82) is 0 Å². The Hall–Kier alpha value is -2.47. The number of thiazole rings is 1. The van der Waals surface area contributed by atoms with Crippen molar-refractivity contribution in [1.82, 2.24) is 4.98 Å². The van der Waals surface area contributed by atoms with Gasteiger partial charge in [-0.15, -0.1) is 11.3 Å². The first-order chi connectivity index (χ1) is 13.0. The quantitative estimate of drug-likeness (QED) is 0.607. The van der Waals surface area contributed by atoms with E-state index in [-0.39, 0.29) is 11.7 Å². The number of carbonyl (C=O) groups excluding carboxylic acids is 1. The zero-order valence-electron chi connectivity index (χ0n) is 15.3. The van der Waals surface area contributed by atoms with Crippen LogP contribution in [0.2, 0.25) is 0 Å². The maximum absolute atomic E-state index is 13.1. The number of halogens is 1. The lowest BCUT2D eigenvalue weighted by Crippen LogP contribution is -2.11. The summed E-state index contributed by atoms with van der Waals surface area (Å²) in [5.41, 5.74) is 1.60. The van der Waals surface area contributed by atoms with Crippen LogP contribution in [-0.2, 0) is 11.2 Å². The molecule has 0 spiro atoms. The monoisotopic (exact) mass is 384 g/mol. The van der Waals surface area contributed by atoms with Gasteiger partial charge >= 0.3 is 0 Å². The van der Waals surface area contributed by atoms with Gasteiger partial charge in [0.15, 0.2) is 5.13 Å². The van der Waals surface area contributed by atoms with Gasteiger partial charge in [-0.25, -0.2) is 9.37 Å². The highest BCUT2D eigenvalue weighted by Crippen LogP contribution is 2.47. The summed E-state index contributed by atoms with van der Waals surface area (Å²) in [6.07, 6.45) is 2.10. The second-order valence-corrected chi connectivity index (χ2v) is 8.31. The van der Waals surface area contributed by atoms with Gasteiger partial charge < -0.3 is 9.73 Å². The van der Waals surface area contributed by atoms with Crippen LogP contribution in [0, 0.1) is 18.7 Å². The Morgan fingerprint density at radius 3 is 2.74 bits per heavy atom. The van der Waals surface area contributed by atoms with Crippen molar-refractivity contribution in [2.75, 3.05) is 5.32 Å². The predicted molar refractivity (Wildman–Crippen MR) is 104 cm³/mol. The third-order valence-corrected chi connectivity index (χ3v) is 5.80. The van der Waals surface area contributed by atoms with Crippen LogP contribution in [-0.4, -0.2) is 10.9 Å². The third kappa shape index (κ3) is 4.11. The molecular formula is C21H21FN2O2S. The van der Waals surface area contributed by atoms with Crippen molar-refractivity contribution in [2.45, 2.75) is 39.0 Å². The lowest BCUT2D eigenvalue weighted by atomic mass is 10.1. The Balaban J connectivity index is 1.35. The van der Waals surface area contributed by atoms with E-state index in [0.29, 0.717) is 29.8 Å². The van der Waals surface area contributed by atoms with Crippen molar-refractivity contribution >= 4 is 22.4 Å². The van der Waals surface area contributed by atoms with E-state index in [1.165, 1.54) is 29.9 Å². The molecule has 6 heteroatoms. The molecule has 0 unspecified atom stereocenters. The summed E-state index contributed by atoms with van der Waals surface area (Å²) in [6, 6.07) is 10.2. The highest BCUT2D eigenvalue weighted by molar-refractivity contribution is 7.16. The molecule has 2 aromatic heterocycles. The number of anilines is 1. The molecule has 1 saturated carbocycles. The number of carbonyl (C=O) groups is 1. The molecular weight excluding hydrogens is 363 g/mol. The van der Waals surface area contributed by atoms with E-state index < -0.39 is 0 Å². The molecule has 3 aromatic rings. The van der Waals surface area contributed by atoms with Crippen LogP contribution in [0.4, 0.5) is 9.52 Å². The minimum absolute atomic E-state index is 0.0906. The third-order valence-electron chi connectivity index (χ3n) is 4.92. The smallest absolute Gasteiger partial charge is 0.226 e. The van der Waals surface area contributed by atoms with Gasteiger partial charge in [0.1, 0.15) is 17.3 Å². The summed E-state index contributed by atoms with van der Waals surface area (Å²) >= 11 is 1.42. The van der Waals surface area contributed by atoms with Crippen molar-refractivity contribution in [3.8, 4) is 11.3 Å². The Labute approximate surface area is 161 Å². The Bertz CT molecular complexity index is 961. The molecule has 2 atom stereocenters. The number of furan rings is 1. The summed E-state index contributed by atoms with van der Waals surface area (Å²) in [5.74, 6) is 2.77. The summed E-state index contributed by atoms with van der Waals surface area (Å²) < 4.78 is 18.9. The average molecular weight is 384 g/mol. The van der Waals surface area contributed by atoms with Crippen LogP contribution in [0.25, 0.3) is 11.3 Å². The summed E-state index contributed by atoms with van der Waals surface area (Å²) in [5, 5.41) is 3.42. The largest absolute Gasteiger partial charge is 0.466 e.